The first-order chi connectivity index (χ1) is 14.7. The molecule has 1 aromatic carbocycles. The number of ether oxygens (including phenoxy) is 2. The third kappa shape index (κ3) is 6.53. The van der Waals surface area contributed by atoms with Crippen molar-refractivity contribution in [2.24, 2.45) is 10.9 Å². The van der Waals surface area contributed by atoms with E-state index < -0.39 is 0 Å². The predicted octanol–water partition coefficient (Wildman–Crippen LogP) is 2.50. The summed E-state index contributed by atoms with van der Waals surface area (Å²) in [5.74, 6) is 1.23. The van der Waals surface area contributed by atoms with Crippen LogP contribution in [0.3, 0.4) is 0 Å². The highest BCUT2D eigenvalue weighted by Crippen LogP contribution is 2.17. The Morgan fingerprint density at radius 2 is 2.10 bits per heavy atom. The number of rotatable bonds is 10. The molecular weight excluding hydrogens is 385 g/mol. The smallest absolute Gasteiger partial charge is 0.193 e. The van der Waals surface area contributed by atoms with Crippen molar-refractivity contribution in [1.29, 1.82) is 0 Å². The first kappa shape index (κ1) is 22.2. The highest BCUT2D eigenvalue weighted by molar-refractivity contribution is 5.80. The topological polar surface area (TPSA) is 63.9 Å². The molecule has 1 N–H and O–H groups in total. The molecule has 2 aromatic rings. The molecule has 1 atom stereocenters. The normalized spacial score (nSPS) is 17.0. The number of halogens is 1. The van der Waals surface area contributed by atoms with Crippen LogP contribution in [0.25, 0.3) is 5.69 Å². The van der Waals surface area contributed by atoms with Crippen LogP contribution in [-0.2, 0) is 15.9 Å². The van der Waals surface area contributed by atoms with Crippen LogP contribution in [0.4, 0.5) is 4.39 Å². The maximum Gasteiger partial charge on any atom is 0.193 e. The van der Waals surface area contributed by atoms with Crippen LogP contribution in [0, 0.1) is 11.7 Å². The molecule has 0 bridgehead atoms. The summed E-state index contributed by atoms with van der Waals surface area (Å²) < 4.78 is 25.6. The number of benzene rings is 1. The Labute approximate surface area is 177 Å². The lowest BCUT2D eigenvalue weighted by molar-refractivity contribution is 0.0536. The van der Waals surface area contributed by atoms with Gasteiger partial charge in [0.15, 0.2) is 5.96 Å². The minimum atomic E-state index is -0.248. The minimum Gasteiger partial charge on any atom is -0.382 e. The Morgan fingerprint density at radius 3 is 2.87 bits per heavy atom. The monoisotopic (exact) mass is 417 g/mol. The van der Waals surface area contributed by atoms with Gasteiger partial charge in [0.05, 0.1) is 31.2 Å². The van der Waals surface area contributed by atoms with E-state index in [9.17, 15) is 4.39 Å². The third-order valence-electron chi connectivity index (χ3n) is 5.07. The number of aromatic nitrogens is 2. The molecule has 1 aromatic heterocycles. The molecule has 1 saturated heterocycles. The van der Waals surface area contributed by atoms with E-state index in [0.29, 0.717) is 25.7 Å². The average molecular weight is 418 g/mol. The summed E-state index contributed by atoms with van der Waals surface area (Å²) >= 11 is 0. The van der Waals surface area contributed by atoms with Gasteiger partial charge in [-0.15, -0.1) is 0 Å². The molecule has 0 radical (unpaired) electrons. The molecule has 1 unspecified atom stereocenters. The summed E-state index contributed by atoms with van der Waals surface area (Å²) in [5.41, 5.74) is 1.81. The van der Waals surface area contributed by atoms with E-state index in [-0.39, 0.29) is 5.82 Å². The van der Waals surface area contributed by atoms with Crippen LogP contribution in [0.15, 0.2) is 41.5 Å². The fourth-order valence-electron chi connectivity index (χ4n) is 3.49. The fraction of sp³-hybridized carbons (Fsp3) is 0.545. The number of hydrogen-bond donors (Lipinski definition) is 1. The molecule has 0 spiro atoms. The van der Waals surface area contributed by atoms with Crippen molar-refractivity contribution in [3.8, 4) is 5.69 Å². The van der Waals surface area contributed by atoms with E-state index in [1.807, 2.05) is 12.3 Å². The van der Waals surface area contributed by atoms with Gasteiger partial charge in [-0.1, -0.05) is 0 Å². The van der Waals surface area contributed by atoms with Gasteiger partial charge in [0, 0.05) is 51.8 Å². The molecule has 2 heterocycles. The standard InChI is InChI=1S/C22H32FN5O2/c1-3-24-22(27-12-9-18(16-27)17-30-15-14-29-2)25-11-8-20-10-13-28(26-20)21-6-4-19(23)5-7-21/h4-7,10,13,18H,3,8-9,11-12,14-17H2,1-2H3,(H,24,25). The summed E-state index contributed by atoms with van der Waals surface area (Å²) in [4.78, 5) is 7.11. The second-order valence-electron chi connectivity index (χ2n) is 7.38. The SMILES string of the molecule is CCNC(=NCCc1ccn(-c2ccc(F)cc2)n1)N1CCC(COCCOC)C1. The molecule has 164 valence electrons. The molecule has 0 saturated carbocycles. The summed E-state index contributed by atoms with van der Waals surface area (Å²) in [5, 5.41) is 7.97. The van der Waals surface area contributed by atoms with Crippen molar-refractivity contribution in [2.45, 2.75) is 19.8 Å². The maximum atomic E-state index is 13.1. The average Bonchev–Trinajstić information content (AvgIpc) is 3.41. The van der Waals surface area contributed by atoms with Crippen molar-refractivity contribution in [3.05, 3.63) is 48.0 Å². The molecular formula is C22H32FN5O2. The second-order valence-corrected chi connectivity index (χ2v) is 7.38. The van der Waals surface area contributed by atoms with Gasteiger partial charge in [-0.2, -0.15) is 5.10 Å². The lowest BCUT2D eigenvalue weighted by atomic mass is 10.1. The molecule has 0 amide bonds. The molecule has 7 nitrogen and oxygen atoms in total. The second kappa shape index (κ2) is 11.7. The number of nitrogens with one attached hydrogen (secondary N) is 1. The summed E-state index contributed by atoms with van der Waals surface area (Å²) in [7, 11) is 1.69. The van der Waals surface area contributed by atoms with Crippen LogP contribution in [0.5, 0.6) is 0 Å². The lowest BCUT2D eigenvalue weighted by Crippen LogP contribution is -2.40. The van der Waals surface area contributed by atoms with Gasteiger partial charge in [0.25, 0.3) is 0 Å². The zero-order chi connectivity index (χ0) is 21.2. The molecule has 8 heteroatoms. The quantitative estimate of drug-likeness (QED) is 0.366. The van der Waals surface area contributed by atoms with Crippen molar-refractivity contribution < 1.29 is 13.9 Å². The van der Waals surface area contributed by atoms with Gasteiger partial charge in [-0.25, -0.2) is 9.07 Å². The minimum absolute atomic E-state index is 0.248. The molecule has 0 aliphatic carbocycles. The number of guanidine groups is 1. The van der Waals surface area contributed by atoms with E-state index in [0.717, 1.165) is 56.4 Å². The number of hydrogen-bond acceptors (Lipinski definition) is 4. The van der Waals surface area contributed by atoms with Gasteiger partial charge in [0.2, 0.25) is 0 Å². The fourth-order valence-corrected chi connectivity index (χ4v) is 3.49. The molecule has 30 heavy (non-hydrogen) atoms. The molecule has 1 aliphatic rings. The van der Waals surface area contributed by atoms with Crippen molar-refractivity contribution in [2.75, 3.05) is 53.1 Å². The zero-order valence-electron chi connectivity index (χ0n) is 17.9. The number of likely N-dealkylation sites (tertiary alicyclic amines) is 1. The molecule has 1 fully saturated rings. The van der Waals surface area contributed by atoms with Gasteiger partial charge >= 0.3 is 0 Å². The van der Waals surface area contributed by atoms with Gasteiger partial charge < -0.3 is 19.7 Å². The van der Waals surface area contributed by atoms with Gasteiger partial charge in [-0.3, -0.25) is 4.99 Å². The number of methoxy groups -OCH3 is 1. The first-order valence-electron chi connectivity index (χ1n) is 10.6. The van der Waals surface area contributed by atoms with Crippen LogP contribution in [0.1, 0.15) is 19.0 Å². The van der Waals surface area contributed by atoms with E-state index >= 15 is 0 Å². The summed E-state index contributed by atoms with van der Waals surface area (Å²) in [6.07, 6.45) is 3.76. The van der Waals surface area contributed by atoms with Crippen LogP contribution >= 0.6 is 0 Å². The Kier molecular flexibility index (Phi) is 8.65. The number of aliphatic imine (C=N–C) groups is 1. The third-order valence-corrected chi connectivity index (χ3v) is 5.07. The maximum absolute atomic E-state index is 13.1. The lowest BCUT2D eigenvalue weighted by Gasteiger charge is -2.21. The largest absolute Gasteiger partial charge is 0.382 e. The molecule has 3 rings (SSSR count). The van der Waals surface area contributed by atoms with Crippen molar-refractivity contribution in [3.63, 3.8) is 0 Å². The number of nitrogens with zero attached hydrogens (tertiary/aromatic N) is 4. The van der Waals surface area contributed by atoms with E-state index in [4.69, 9.17) is 14.5 Å². The summed E-state index contributed by atoms with van der Waals surface area (Å²) in [6.45, 7) is 7.57. The van der Waals surface area contributed by atoms with E-state index in [2.05, 4.69) is 22.2 Å². The van der Waals surface area contributed by atoms with Crippen molar-refractivity contribution in [1.82, 2.24) is 20.0 Å². The van der Waals surface area contributed by atoms with E-state index in [1.54, 1.807) is 23.9 Å². The van der Waals surface area contributed by atoms with Crippen molar-refractivity contribution >= 4 is 5.96 Å². The zero-order valence-corrected chi connectivity index (χ0v) is 17.9. The van der Waals surface area contributed by atoms with Gasteiger partial charge in [-0.05, 0) is 43.7 Å². The summed E-state index contributed by atoms with van der Waals surface area (Å²) in [6, 6.07) is 8.30. The Morgan fingerprint density at radius 1 is 1.27 bits per heavy atom. The predicted molar refractivity (Wildman–Crippen MR) is 116 cm³/mol. The van der Waals surface area contributed by atoms with Crippen LogP contribution < -0.4 is 5.32 Å². The first-order valence-corrected chi connectivity index (χ1v) is 10.6. The molecule has 1 aliphatic heterocycles. The Balaban J connectivity index is 1.50. The van der Waals surface area contributed by atoms with Gasteiger partial charge in [0.1, 0.15) is 5.82 Å². The van der Waals surface area contributed by atoms with E-state index in [1.165, 1.54) is 12.1 Å². The van der Waals surface area contributed by atoms with Crippen LogP contribution in [0.2, 0.25) is 0 Å². The Bertz CT molecular complexity index is 793. The van der Waals surface area contributed by atoms with Crippen LogP contribution in [-0.4, -0.2) is 73.7 Å². The Hall–Kier alpha value is -2.45. The highest BCUT2D eigenvalue weighted by Gasteiger charge is 2.24. The highest BCUT2D eigenvalue weighted by atomic mass is 19.1.